The van der Waals surface area contributed by atoms with Gasteiger partial charge >= 0.3 is 11.6 Å². The zero-order valence-electron chi connectivity index (χ0n) is 12.0. The van der Waals surface area contributed by atoms with E-state index in [4.69, 9.17) is 9.15 Å². The summed E-state index contributed by atoms with van der Waals surface area (Å²) < 4.78 is 10.3. The van der Waals surface area contributed by atoms with Crippen LogP contribution in [0.15, 0.2) is 45.9 Å². The van der Waals surface area contributed by atoms with E-state index in [9.17, 15) is 9.59 Å². The lowest BCUT2D eigenvalue weighted by atomic mass is 10.1. The standard InChI is InChI=1S/C16H12N2O4/c1-9-5-15(19)22-14-6-11(3-4-12(9)14)21-16(20)13-8-17-10(2)7-18-13/h3-8H,1-2H3. The van der Waals surface area contributed by atoms with Gasteiger partial charge in [-0.1, -0.05) is 0 Å². The molecule has 2 heterocycles. The van der Waals surface area contributed by atoms with Gasteiger partial charge < -0.3 is 9.15 Å². The molecule has 0 radical (unpaired) electrons. The van der Waals surface area contributed by atoms with Crippen LogP contribution in [0.25, 0.3) is 11.0 Å². The van der Waals surface area contributed by atoms with Crippen molar-refractivity contribution in [3.8, 4) is 5.75 Å². The second-order valence-corrected chi connectivity index (χ2v) is 4.84. The first-order chi connectivity index (χ1) is 10.5. The Morgan fingerprint density at radius 1 is 1.14 bits per heavy atom. The van der Waals surface area contributed by atoms with E-state index < -0.39 is 11.6 Å². The first-order valence-corrected chi connectivity index (χ1v) is 6.58. The zero-order valence-corrected chi connectivity index (χ0v) is 12.0. The summed E-state index contributed by atoms with van der Waals surface area (Å²) in [7, 11) is 0. The molecule has 3 aromatic rings. The highest BCUT2D eigenvalue weighted by molar-refractivity contribution is 5.89. The van der Waals surface area contributed by atoms with Crippen molar-refractivity contribution >= 4 is 16.9 Å². The van der Waals surface area contributed by atoms with Crippen molar-refractivity contribution < 1.29 is 13.9 Å². The van der Waals surface area contributed by atoms with Gasteiger partial charge in [0, 0.05) is 23.7 Å². The van der Waals surface area contributed by atoms with Gasteiger partial charge in [0.15, 0.2) is 5.69 Å². The molecule has 6 heteroatoms. The lowest BCUT2D eigenvalue weighted by molar-refractivity contribution is 0.0728. The monoisotopic (exact) mass is 296 g/mol. The largest absolute Gasteiger partial charge is 0.423 e. The molecule has 0 aliphatic heterocycles. The highest BCUT2D eigenvalue weighted by atomic mass is 16.5. The van der Waals surface area contributed by atoms with Crippen LogP contribution in [0.1, 0.15) is 21.7 Å². The van der Waals surface area contributed by atoms with Gasteiger partial charge in [-0.25, -0.2) is 14.6 Å². The number of aromatic nitrogens is 2. The van der Waals surface area contributed by atoms with Gasteiger partial charge in [0.25, 0.3) is 0 Å². The maximum absolute atomic E-state index is 12.0. The number of carbonyl (C=O) groups excluding carboxylic acids is 1. The molecule has 1 aromatic carbocycles. The molecule has 0 unspecified atom stereocenters. The van der Waals surface area contributed by atoms with Crippen molar-refractivity contribution in [3.63, 3.8) is 0 Å². The summed E-state index contributed by atoms with van der Waals surface area (Å²) in [6, 6.07) is 6.28. The minimum Gasteiger partial charge on any atom is -0.423 e. The number of aryl methyl sites for hydroxylation is 2. The number of ether oxygens (including phenoxy) is 1. The van der Waals surface area contributed by atoms with Crippen LogP contribution in [-0.2, 0) is 0 Å². The molecule has 0 N–H and O–H groups in total. The summed E-state index contributed by atoms with van der Waals surface area (Å²) >= 11 is 0. The molecular formula is C16H12N2O4. The Morgan fingerprint density at radius 3 is 2.68 bits per heavy atom. The Bertz CT molecular complexity index is 914. The topological polar surface area (TPSA) is 82.3 Å². The summed E-state index contributed by atoms with van der Waals surface area (Å²) in [5.41, 5.74) is 1.53. The molecule has 0 aliphatic carbocycles. The van der Waals surface area contributed by atoms with Crippen molar-refractivity contribution in [2.75, 3.05) is 0 Å². The third kappa shape index (κ3) is 2.71. The Hall–Kier alpha value is -3.02. The fourth-order valence-corrected chi connectivity index (χ4v) is 2.03. The highest BCUT2D eigenvalue weighted by Gasteiger charge is 2.12. The van der Waals surface area contributed by atoms with Crippen LogP contribution >= 0.6 is 0 Å². The first kappa shape index (κ1) is 13.9. The number of hydrogen-bond acceptors (Lipinski definition) is 6. The molecule has 0 atom stereocenters. The number of fused-ring (bicyclic) bond motifs is 1. The third-order valence-electron chi connectivity index (χ3n) is 3.12. The first-order valence-electron chi connectivity index (χ1n) is 6.58. The van der Waals surface area contributed by atoms with E-state index in [2.05, 4.69) is 9.97 Å². The van der Waals surface area contributed by atoms with E-state index in [-0.39, 0.29) is 11.4 Å². The molecule has 0 saturated carbocycles. The van der Waals surface area contributed by atoms with Crippen LogP contribution in [0.3, 0.4) is 0 Å². The minimum absolute atomic E-state index is 0.108. The predicted octanol–water partition coefficient (Wildman–Crippen LogP) is 2.42. The predicted molar refractivity (Wildman–Crippen MR) is 78.9 cm³/mol. The van der Waals surface area contributed by atoms with E-state index in [1.54, 1.807) is 19.1 Å². The quantitative estimate of drug-likeness (QED) is 0.410. The second-order valence-electron chi connectivity index (χ2n) is 4.84. The van der Waals surface area contributed by atoms with Crippen molar-refractivity contribution in [1.29, 1.82) is 0 Å². The molecule has 0 aliphatic rings. The van der Waals surface area contributed by atoms with Crippen LogP contribution in [0.5, 0.6) is 5.75 Å². The maximum atomic E-state index is 12.0. The van der Waals surface area contributed by atoms with Crippen molar-refractivity contribution in [2.45, 2.75) is 13.8 Å². The fourth-order valence-electron chi connectivity index (χ4n) is 2.03. The summed E-state index contributed by atoms with van der Waals surface area (Å²) in [6.45, 7) is 3.59. The minimum atomic E-state index is -0.623. The molecule has 0 fully saturated rings. The van der Waals surface area contributed by atoms with Gasteiger partial charge in [0.1, 0.15) is 11.3 Å². The van der Waals surface area contributed by atoms with Crippen molar-refractivity contribution in [2.24, 2.45) is 0 Å². The highest BCUT2D eigenvalue weighted by Crippen LogP contribution is 2.22. The van der Waals surface area contributed by atoms with Crippen molar-refractivity contribution in [1.82, 2.24) is 9.97 Å². The third-order valence-corrected chi connectivity index (χ3v) is 3.12. The fraction of sp³-hybridized carbons (Fsp3) is 0.125. The lowest BCUT2D eigenvalue weighted by Gasteiger charge is -2.05. The van der Waals surface area contributed by atoms with Gasteiger partial charge in [-0.05, 0) is 31.5 Å². The zero-order chi connectivity index (χ0) is 15.7. The molecule has 3 rings (SSSR count). The second kappa shape index (κ2) is 5.40. The number of nitrogens with zero attached hydrogens (tertiary/aromatic N) is 2. The summed E-state index contributed by atoms with van der Waals surface area (Å²) in [6.07, 6.45) is 2.84. The van der Waals surface area contributed by atoms with E-state index >= 15 is 0 Å². The van der Waals surface area contributed by atoms with Crippen LogP contribution < -0.4 is 10.4 Å². The average molecular weight is 296 g/mol. The molecule has 22 heavy (non-hydrogen) atoms. The van der Waals surface area contributed by atoms with Crippen LogP contribution in [-0.4, -0.2) is 15.9 Å². The Balaban J connectivity index is 1.92. The Kier molecular flexibility index (Phi) is 3.42. The Morgan fingerprint density at radius 2 is 1.95 bits per heavy atom. The van der Waals surface area contributed by atoms with E-state index in [0.717, 1.165) is 10.9 Å². The molecule has 0 amide bonds. The maximum Gasteiger partial charge on any atom is 0.363 e. The number of rotatable bonds is 2. The normalized spacial score (nSPS) is 10.6. The average Bonchev–Trinajstić information content (AvgIpc) is 2.47. The van der Waals surface area contributed by atoms with E-state index in [1.165, 1.54) is 24.5 Å². The summed E-state index contributed by atoms with van der Waals surface area (Å²) in [4.78, 5) is 31.3. The van der Waals surface area contributed by atoms with Gasteiger partial charge in [0.2, 0.25) is 0 Å². The van der Waals surface area contributed by atoms with E-state index in [1.807, 2.05) is 6.92 Å². The lowest BCUT2D eigenvalue weighted by Crippen LogP contribution is -2.11. The molecule has 0 spiro atoms. The molecule has 6 nitrogen and oxygen atoms in total. The number of benzene rings is 1. The van der Waals surface area contributed by atoms with Gasteiger partial charge in [0.05, 0.1) is 11.9 Å². The molecule has 110 valence electrons. The summed E-state index contributed by atoms with van der Waals surface area (Å²) in [5.74, 6) is -0.351. The SMILES string of the molecule is Cc1cnc(C(=O)Oc2ccc3c(C)cc(=O)oc3c2)cn1. The van der Waals surface area contributed by atoms with Gasteiger partial charge in [-0.3, -0.25) is 4.98 Å². The van der Waals surface area contributed by atoms with E-state index in [0.29, 0.717) is 11.3 Å². The Labute approximate surface area is 125 Å². The van der Waals surface area contributed by atoms with Crippen LogP contribution in [0.4, 0.5) is 0 Å². The molecule has 0 bridgehead atoms. The summed E-state index contributed by atoms with van der Waals surface area (Å²) in [5, 5.41) is 0.787. The smallest absolute Gasteiger partial charge is 0.363 e. The molecular weight excluding hydrogens is 284 g/mol. The van der Waals surface area contributed by atoms with Crippen LogP contribution in [0.2, 0.25) is 0 Å². The number of carbonyl (C=O) groups is 1. The van der Waals surface area contributed by atoms with Crippen LogP contribution in [0, 0.1) is 13.8 Å². The molecule has 0 saturated heterocycles. The number of esters is 1. The van der Waals surface area contributed by atoms with Crippen molar-refractivity contribution in [3.05, 3.63) is 64.0 Å². The van der Waals surface area contributed by atoms with Gasteiger partial charge in [-0.2, -0.15) is 0 Å². The molecule has 2 aromatic heterocycles. The number of hydrogen-bond donors (Lipinski definition) is 0. The van der Waals surface area contributed by atoms with Gasteiger partial charge in [-0.15, -0.1) is 0 Å².